The number of aromatic nitrogens is 1. The zero-order valence-corrected chi connectivity index (χ0v) is 14.1. The lowest BCUT2D eigenvalue weighted by Crippen LogP contribution is -2.23. The van der Waals surface area contributed by atoms with Gasteiger partial charge in [-0.3, -0.25) is 9.79 Å². The van der Waals surface area contributed by atoms with Crippen LogP contribution >= 0.6 is 11.3 Å². The van der Waals surface area contributed by atoms with Crippen LogP contribution in [0.3, 0.4) is 0 Å². The van der Waals surface area contributed by atoms with Gasteiger partial charge in [-0.15, -0.1) is 11.3 Å². The largest absolute Gasteiger partial charge is 0.347 e. The molecule has 2 heterocycles. The lowest BCUT2D eigenvalue weighted by molar-refractivity contribution is 0.0946. The van der Waals surface area contributed by atoms with Crippen molar-refractivity contribution in [3.05, 3.63) is 70.9 Å². The third kappa shape index (κ3) is 4.39. The number of hydrogen-bond donors (Lipinski definition) is 2. The van der Waals surface area contributed by atoms with E-state index in [0.29, 0.717) is 17.4 Å². The van der Waals surface area contributed by atoms with Crippen LogP contribution in [0.5, 0.6) is 0 Å². The molecular weight excluding hydrogens is 320 g/mol. The van der Waals surface area contributed by atoms with Crippen molar-refractivity contribution in [2.24, 2.45) is 4.99 Å². The van der Waals surface area contributed by atoms with Crippen LogP contribution in [0.4, 0.5) is 5.13 Å². The van der Waals surface area contributed by atoms with E-state index in [1.807, 2.05) is 55.5 Å². The molecule has 2 aromatic rings. The molecule has 1 aromatic heterocycles. The Morgan fingerprint density at radius 2 is 2.12 bits per heavy atom. The Morgan fingerprint density at radius 1 is 1.29 bits per heavy atom. The second-order valence-electron chi connectivity index (χ2n) is 5.35. The molecule has 6 heteroatoms. The molecule has 0 radical (unpaired) electrons. The molecule has 3 rings (SSSR count). The summed E-state index contributed by atoms with van der Waals surface area (Å²) in [5.41, 5.74) is 2.37. The van der Waals surface area contributed by atoms with Crippen LogP contribution in [0.2, 0.25) is 0 Å². The molecule has 1 aliphatic rings. The quantitative estimate of drug-likeness (QED) is 0.878. The van der Waals surface area contributed by atoms with E-state index < -0.39 is 0 Å². The van der Waals surface area contributed by atoms with Crippen molar-refractivity contribution in [3.8, 4) is 0 Å². The molecule has 122 valence electrons. The van der Waals surface area contributed by atoms with Crippen molar-refractivity contribution in [1.29, 1.82) is 0 Å². The van der Waals surface area contributed by atoms with Gasteiger partial charge in [0.15, 0.2) is 5.13 Å². The molecule has 2 N–H and O–H groups in total. The van der Waals surface area contributed by atoms with Gasteiger partial charge in [-0.25, -0.2) is 4.98 Å². The number of benzene rings is 1. The van der Waals surface area contributed by atoms with Crippen molar-refractivity contribution in [3.63, 3.8) is 0 Å². The van der Waals surface area contributed by atoms with Gasteiger partial charge in [0.05, 0.1) is 6.04 Å². The number of carbonyl (C=O) groups excluding carboxylic acids is 1. The third-order valence-electron chi connectivity index (χ3n) is 3.41. The summed E-state index contributed by atoms with van der Waals surface area (Å²) in [6, 6.07) is 9.96. The van der Waals surface area contributed by atoms with Gasteiger partial charge in [0.1, 0.15) is 5.69 Å². The van der Waals surface area contributed by atoms with E-state index in [4.69, 9.17) is 0 Å². The first-order valence-electron chi connectivity index (χ1n) is 7.67. The van der Waals surface area contributed by atoms with Crippen LogP contribution < -0.4 is 10.6 Å². The van der Waals surface area contributed by atoms with Gasteiger partial charge in [-0.2, -0.15) is 0 Å². The number of allylic oxidation sites excluding steroid dienone is 2. The number of aliphatic imine (C=N–C) groups is 1. The predicted molar refractivity (Wildman–Crippen MR) is 98.5 cm³/mol. The Hall–Kier alpha value is -2.73. The molecule has 1 unspecified atom stereocenters. The van der Waals surface area contributed by atoms with Crippen LogP contribution in [0.25, 0.3) is 0 Å². The van der Waals surface area contributed by atoms with Gasteiger partial charge in [0, 0.05) is 23.8 Å². The van der Waals surface area contributed by atoms with Crippen molar-refractivity contribution >= 4 is 28.6 Å². The van der Waals surface area contributed by atoms with Crippen LogP contribution in [0.1, 0.15) is 23.0 Å². The van der Waals surface area contributed by atoms with E-state index >= 15 is 0 Å². The standard InChI is InChI=1S/C18H18N4OS/c1-13-7-8-15(9-10-19-13)21-18-22-16(12-24-18)17(23)20-11-14-5-3-2-4-6-14/h2-10,12-13H,11H2,1H3,(H,20,23)(H,21,22). The summed E-state index contributed by atoms with van der Waals surface area (Å²) in [5.74, 6) is -0.177. The highest BCUT2D eigenvalue weighted by molar-refractivity contribution is 7.13. The predicted octanol–water partition coefficient (Wildman–Crippen LogP) is 3.40. The van der Waals surface area contributed by atoms with Gasteiger partial charge in [-0.05, 0) is 24.6 Å². The Morgan fingerprint density at radius 3 is 2.96 bits per heavy atom. The molecule has 0 saturated carbocycles. The average Bonchev–Trinajstić information content (AvgIpc) is 2.97. The zero-order chi connectivity index (χ0) is 16.8. The minimum Gasteiger partial charge on any atom is -0.347 e. The molecular formula is C18H18N4OS. The van der Waals surface area contributed by atoms with Crippen molar-refractivity contribution < 1.29 is 4.79 Å². The van der Waals surface area contributed by atoms with Gasteiger partial charge < -0.3 is 10.6 Å². The normalized spacial score (nSPS) is 16.4. The lowest BCUT2D eigenvalue weighted by Gasteiger charge is -2.03. The van der Waals surface area contributed by atoms with E-state index in [0.717, 1.165) is 11.3 Å². The van der Waals surface area contributed by atoms with Crippen LogP contribution in [-0.4, -0.2) is 23.1 Å². The molecule has 1 aromatic carbocycles. The highest BCUT2D eigenvalue weighted by Gasteiger charge is 2.11. The van der Waals surface area contributed by atoms with E-state index in [1.54, 1.807) is 11.6 Å². The van der Waals surface area contributed by atoms with Gasteiger partial charge in [0.25, 0.3) is 5.91 Å². The Kier molecular flexibility index (Phi) is 5.18. The summed E-state index contributed by atoms with van der Waals surface area (Å²) in [6.45, 7) is 2.50. The fourth-order valence-electron chi connectivity index (χ4n) is 2.12. The maximum Gasteiger partial charge on any atom is 0.271 e. The van der Waals surface area contributed by atoms with Gasteiger partial charge >= 0.3 is 0 Å². The molecule has 5 nitrogen and oxygen atoms in total. The number of rotatable bonds is 5. The molecule has 0 saturated heterocycles. The summed E-state index contributed by atoms with van der Waals surface area (Å²) in [7, 11) is 0. The molecule has 0 bridgehead atoms. The first kappa shape index (κ1) is 16.1. The monoisotopic (exact) mass is 338 g/mol. The summed E-state index contributed by atoms with van der Waals surface area (Å²) in [4.78, 5) is 20.8. The fraction of sp³-hybridized carbons (Fsp3) is 0.167. The number of anilines is 1. The molecule has 24 heavy (non-hydrogen) atoms. The second-order valence-corrected chi connectivity index (χ2v) is 6.21. The Bertz CT molecular complexity index is 792. The maximum atomic E-state index is 12.2. The van der Waals surface area contributed by atoms with E-state index in [1.165, 1.54) is 11.3 Å². The zero-order valence-electron chi connectivity index (χ0n) is 13.3. The van der Waals surface area contributed by atoms with Crippen LogP contribution in [-0.2, 0) is 6.54 Å². The molecule has 1 amide bonds. The molecule has 0 spiro atoms. The average molecular weight is 338 g/mol. The van der Waals surface area contributed by atoms with Crippen LogP contribution in [0, 0.1) is 0 Å². The molecule has 0 fully saturated rings. The minimum absolute atomic E-state index is 0.163. The van der Waals surface area contributed by atoms with Gasteiger partial charge in [0.2, 0.25) is 0 Å². The number of nitrogens with zero attached hydrogens (tertiary/aromatic N) is 2. The van der Waals surface area contributed by atoms with Gasteiger partial charge in [-0.1, -0.05) is 36.4 Å². The molecule has 1 atom stereocenters. The van der Waals surface area contributed by atoms with E-state index in [9.17, 15) is 4.79 Å². The van der Waals surface area contributed by atoms with Crippen molar-refractivity contribution in [2.45, 2.75) is 19.5 Å². The fourth-order valence-corrected chi connectivity index (χ4v) is 2.83. The summed E-state index contributed by atoms with van der Waals surface area (Å²) >= 11 is 1.40. The number of carbonyl (C=O) groups is 1. The van der Waals surface area contributed by atoms with E-state index in [-0.39, 0.29) is 11.9 Å². The Balaban J connectivity index is 1.59. The number of nitrogens with one attached hydrogen (secondary N) is 2. The minimum atomic E-state index is -0.177. The number of thiazole rings is 1. The smallest absolute Gasteiger partial charge is 0.271 e. The third-order valence-corrected chi connectivity index (χ3v) is 4.17. The lowest BCUT2D eigenvalue weighted by atomic mass is 10.2. The Labute approximate surface area is 144 Å². The summed E-state index contributed by atoms with van der Waals surface area (Å²) in [5, 5.41) is 8.51. The summed E-state index contributed by atoms with van der Waals surface area (Å²) in [6.07, 6.45) is 7.63. The van der Waals surface area contributed by atoms with E-state index in [2.05, 4.69) is 20.6 Å². The maximum absolute atomic E-state index is 12.2. The first-order chi connectivity index (χ1) is 11.7. The number of hydrogen-bond acceptors (Lipinski definition) is 5. The second kappa shape index (κ2) is 7.70. The van der Waals surface area contributed by atoms with Crippen molar-refractivity contribution in [1.82, 2.24) is 10.3 Å². The number of amides is 1. The topological polar surface area (TPSA) is 66.4 Å². The summed E-state index contributed by atoms with van der Waals surface area (Å²) < 4.78 is 0. The van der Waals surface area contributed by atoms with Crippen LogP contribution in [0.15, 0.2) is 64.6 Å². The van der Waals surface area contributed by atoms with Crippen molar-refractivity contribution in [2.75, 3.05) is 5.32 Å². The highest BCUT2D eigenvalue weighted by atomic mass is 32.1. The highest BCUT2D eigenvalue weighted by Crippen LogP contribution is 2.18. The SMILES string of the molecule is CC1C=CC(Nc2nc(C(=O)NCc3ccccc3)cs2)=CC=N1. The first-order valence-corrected chi connectivity index (χ1v) is 8.55. The molecule has 0 aliphatic carbocycles. The molecule has 1 aliphatic heterocycles.